The number of carbonyl (C=O) groups excluding carboxylic acids is 2. The van der Waals surface area contributed by atoms with E-state index in [0.717, 1.165) is 33.3 Å². The van der Waals surface area contributed by atoms with Gasteiger partial charge < -0.3 is 10.2 Å². The van der Waals surface area contributed by atoms with Crippen LogP contribution in [0.4, 0.5) is 5.69 Å². The van der Waals surface area contributed by atoms with E-state index in [9.17, 15) is 9.59 Å². The van der Waals surface area contributed by atoms with Crippen molar-refractivity contribution in [2.24, 2.45) is 0 Å². The molecule has 0 aliphatic carbocycles. The van der Waals surface area contributed by atoms with Crippen LogP contribution in [0.2, 0.25) is 0 Å². The molecule has 0 aliphatic heterocycles. The number of hydrogen-bond acceptors (Lipinski definition) is 3. The van der Waals surface area contributed by atoms with Crippen LogP contribution in [0, 0.1) is 20.8 Å². The molecule has 6 nitrogen and oxygen atoms in total. The minimum Gasteiger partial charge on any atom is -0.331 e. The summed E-state index contributed by atoms with van der Waals surface area (Å²) in [5, 5.41) is 10.6. The van der Waals surface area contributed by atoms with Crippen molar-refractivity contribution in [1.29, 1.82) is 0 Å². The van der Waals surface area contributed by atoms with Crippen LogP contribution in [-0.4, -0.2) is 40.5 Å². The third kappa shape index (κ3) is 3.44. The van der Waals surface area contributed by atoms with E-state index in [1.165, 1.54) is 4.90 Å². The Morgan fingerprint density at radius 3 is 2.50 bits per heavy atom. The van der Waals surface area contributed by atoms with Crippen LogP contribution in [0.5, 0.6) is 0 Å². The highest BCUT2D eigenvalue weighted by molar-refractivity contribution is 6.06. The lowest BCUT2D eigenvalue weighted by Gasteiger charge is -2.17. The topological polar surface area (TPSA) is 78.1 Å². The molecule has 26 heavy (non-hydrogen) atoms. The fourth-order valence-corrected chi connectivity index (χ4v) is 2.95. The maximum atomic E-state index is 12.7. The van der Waals surface area contributed by atoms with Crippen LogP contribution in [0.15, 0.2) is 36.4 Å². The minimum absolute atomic E-state index is 0.0488. The van der Waals surface area contributed by atoms with Crippen molar-refractivity contribution in [3.8, 4) is 0 Å². The molecular formula is C20H22N4O2. The molecule has 0 fully saturated rings. The monoisotopic (exact) mass is 350 g/mol. The number of aromatic nitrogens is 2. The Bertz CT molecular complexity index is 970. The van der Waals surface area contributed by atoms with Crippen molar-refractivity contribution in [3.05, 3.63) is 58.8 Å². The second-order valence-corrected chi connectivity index (χ2v) is 6.60. The van der Waals surface area contributed by atoms with E-state index in [2.05, 4.69) is 15.5 Å². The Morgan fingerprint density at radius 2 is 1.81 bits per heavy atom. The SMILES string of the molecule is Cc1ccc2[nH]nc(C(=O)N(C)CC(=O)Nc3c(C)cccc3C)c2c1. The van der Waals surface area contributed by atoms with Crippen molar-refractivity contribution >= 4 is 28.4 Å². The van der Waals surface area contributed by atoms with Crippen molar-refractivity contribution < 1.29 is 9.59 Å². The molecule has 134 valence electrons. The highest BCUT2D eigenvalue weighted by Gasteiger charge is 2.20. The maximum Gasteiger partial charge on any atom is 0.275 e. The fraction of sp³-hybridized carbons (Fsp3) is 0.250. The first-order chi connectivity index (χ1) is 12.4. The normalized spacial score (nSPS) is 10.8. The molecule has 3 rings (SSSR count). The second-order valence-electron chi connectivity index (χ2n) is 6.60. The van der Waals surface area contributed by atoms with Crippen molar-refractivity contribution in [3.63, 3.8) is 0 Å². The van der Waals surface area contributed by atoms with E-state index in [-0.39, 0.29) is 18.4 Å². The first kappa shape index (κ1) is 17.7. The highest BCUT2D eigenvalue weighted by Crippen LogP contribution is 2.20. The summed E-state index contributed by atoms with van der Waals surface area (Å²) < 4.78 is 0. The molecule has 0 saturated carbocycles. The van der Waals surface area contributed by atoms with Crippen LogP contribution in [0.25, 0.3) is 10.9 Å². The fourth-order valence-electron chi connectivity index (χ4n) is 2.95. The summed E-state index contributed by atoms with van der Waals surface area (Å²) in [5.41, 5.74) is 4.93. The van der Waals surface area contributed by atoms with Gasteiger partial charge in [-0.25, -0.2) is 0 Å². The van der Waals surface area contributed by atoms with Gasteiger partial charge in [0.25, 0.3) is 5.91 Å². The van der Waals surface area contributed by atoms with Gasteiger partial charge in [-0.1, -0.05) is 29.8 Å². The number of anilines is 1. The summed E-state index contributed by atoms with van der Waals surface area (Å²) in [6.07, 6.45) is 0. The molecule has 2 N–H and O–H groups in total. The number of nitrogens with one attached hydrogen (secondary N) is 2. The number of rotatable bonds is 4. The summed E-state index contributed by atoms with van der Waals surface area (Å²) in [5.74, 6) is -0.534. The Labute approximate surface area is 152 Å². The van der Waals surface area contributed by atoms with Gasteiger partial charge in [0.15, 0.2) is 5.69 Å². The highest BCUT2D eigenvalue weighted by atomic mass is 16.2. The summed E-state index contributed by atoms with van der Waals surface area (Å²) in [6, 6.07) is 11.6. The standard InChI is InChI=1S/C20H22N4O2/c1-12-8-9-16-15(10-12)19(23-22-16)20(26)24(4)11-17(25)21-18-13(2)6-5-7-14(18)3/h5-10H,11H2,1-4H3,(H,21,25)(H,22,23). The molecule has 3 aromatic rings. The number of hydrogen-bond donors (Lipinski definition) is 2. The minimum atomic E-state index is -0.293. The van der Waals surface area contributed by atoms with Crippen LogP contribution < -0.4 is 5.32 Å². The molecule has 0 unspecified atom stereocenters. The predicted octanol–water partition coefficient (Wildman–Crippen LogP) is 3.20. The Hall–Kier alpha value is -3.15. The van der Waals surface area contributed by atoms with E-state index in [0.29, 0.717) is 5.69 Å². The van der Waals surface area contributed by atoms with Crippen molar-refractivity contribution in [2.75, 3.05) is 18.9 Å². The zero-order chi connectivity index (χ0) is 18.8. The number of aryl methyl sites for hydroxylation is 3. The molecule has 1 aromatic heterocycles. The lowest BCUT2D eigenvalue weighted by atomic mass is 10.1. The van der Waals surface area contributed by atoms with Gasteiger partial charge in [0.2, 0.25) is 5.91 Å². The van der Waals surface area contributed by atoms with Crippen LogP contribution >= 0.6 is 0 Å². The van der Waals surface area contributed by atoms with Gasteiger partial charge in [0.05, 0.1) is 12.1 Å². The van der Waals surface area contributed by atoms with Crippen LogP contribution in [0.3, 0.4) is 0 Å². The molecule has 2 aromatic carbocycles. The van der Waals surface area contributed by atoms with Crippen molar-refractivity contribution in [2.45, 2.75) is 20.8 Å². The summed E-state index contributed by atoms with van der Waals surface area (Å²) >= 11 is 0. The zero-order valence-electron chi connectivity index (χ0n) is 15.4. The quantitative estimate of drug-likeness (QED) is 0.758. The number of nitrogens with zero attached hydrogens (tertiary/aromatic N) is 2. The van der Waals surface area contributed by atoms with Gasteiger partial charge in [0.1, 0.15) is 0 Å². The van der Waals surface area contributed by atoms with Gasteiger partial charge in [-0.15, -0.1) is 0 Å². The smallest absolute Gasteiger partial charge is 0.275 e. The Kier molecular flexibility index (Phi) is 4.75. The van der Waals surface area contributed by atoms with Gasteiger partial charge in [-0.3, -0.25) is 14.7 Å². The van der Waals surface area contributed by atoms with E-state index >= 15 is 0 Å². The molecular weight excluding hydrogens is 328 g/mol. The molecule has 0 atom stereocenters. The number of para-hydroxylation sites is 1. The van der Waals surface area contributed by atoms with E-state index in [4.69, 9.17) is 0 Å². The van der Waals surface area contributed by atoms with Gasteiger partial charge in [-0.2, -0.15) is 5.10 Å². The number of aromatic amines is 1. The first-order valence-electron chi connectivity index (χ1n) is 8.43. The van der Waals surface area contributed by atoms with E-state index in [1.54, 1.807) is 7.05 Å². The average molecular weight is 350 g/mol. The number of H-pyrrole nitrogens is 1. The Balaban J connectivity index is 1.74. The second kappa shape index (κ2) is 7.00. The number of amides is 2. The van der Waals surface area contributed by atoms with Crippen LogP contribution in [-0.2, 0) is 4.79 Å². The third-order valence-corrected chi connectivity index (χ3v) is 4.39. The Morgan fingerprint density at radius 1 is 1.12 bits per heavy atom. The molecule has 0 radical (unpaired) electrons. The lowest BCUT2D eigenvalue weighted by molar-refractivity contribution is -0.116. The molecule has 1 heterocycles. The summed E-state index contributed by atoms with van der Waals surface area (Å²) in [7, 11) is 1.60. The predicted molar refractivity (Wildman–Crippen MR) is 102 cm³/mol. The van der Waals surface area contributed by atoms with Crippen LogP contribution in [0.1, 0.15) is 27.2 Å². The maximum absolute atomic E-state index is 12.7. The van der Waals surface area contributed by atoms with Crippen molar-refractivity contribution in [1.82, 2.24) is 15.1 Å². The number of carbonyl (C=O) groups is 2. The van der Waals surface area contributed by atoms with Gasteiger partial charge in [-0.05, 0) is 44.0 Å². The van der Waals surface area contributed by atoms with E-state index in [1.807, 2.05) is 57.2 Å². The molecule has 6 heteroatoms. The third-order valence-electron chi connectivity index (χ3n) is 4.39. The number of likely N-dealkylation sites (N-methyl/N-ethyl adjacent to an activating group) is 1. The molecule has 2 amide bonds. The molecule has 0 saturated heterocycles. The number of benzene rings is 2. The van der Waals surface area contributed by atoms with E-state index < -0.39 is 0 Å². The molecule has 0 bridgehead atoms. The summed E-state index contributed by atoms with van der Waals surface area (Å²) in [4.78, 5) is 26.5. The van der Waals surface area contributed by atoms with Gasteiger partial charge >= 0.3 is 0 Å². The molecule has 0 spiro atoms. The zero-order valence-corrected chi connectivity index (χ0v) is 15.4. The van der Waals surface area contributed by atoms with Gasteiger partial charge in [0, 0.05) is 18.1 Å². The lowest BCUT2D eigenvalue weighted by Crippen LogP contribution is -2.35. The molecule has 0 aliphatic rings. The first-order valence-corrected chi connectivity index (χ1v) is 8.43. The number of fused-ring (bicyclic) bond motifs is 1. The largest absolute Gasteiger partial charge is 0.331 e. The average Bonchev–Trinajstić information content (AvgIpc) is 3.00. The summed E-state index contributed by atoms with van der Waals surface area (Å²) in [6.45, 7) is 5.79.